The molecule has 16 heavy (non-hydrogen) atoms. The van der Waals surface area contributed by atoms with E-state index in [1.165, 1.54) is 0 Å². The Morgan fingerprint density at radius 1 is 0.875 bits per heavy atom. The Hall–Kier alpha value is -0.450. The summed E-state index contributed by atoms with van der Waals surface area (Å²) in [4.78, 5) is 0.448. The van der Waals surface area contributed by atoms with E-state index in [9.17, 15) is 4.21 Å². The molecule has 0 saturated carbocycles. The van der Waals surface area contributed by atoms with Gasteiger partial charge < -0.3 is 4.55 Å². The van der Waals surface area contributed by atoms with E-state index in [4.69, 9.17) is 4.55 Å². The molecule has 78 valence electrons. The van der Waals surface area contributed by atoms with Crippen LogP contribution in [0.25, 0.3) is 11.1 Å². The Bertz CT molecular complexity index is 485. The van der Waals surface area contributed by atoms with Gasteiger partial charge in [0.2, 0.25) is 0 Å². The monoisotopic (exact) mass is 242 g/mol. The number of rotatable bonds is 2. The molecule has 0 radical (unpaired) electrons. The molecule has 0 saturated heterocycles. The third-order valence-electron chi connectivity index (χ3n) is 2.16. The summed E-state index contributed by atoms with van der Waals surface area (Å²) in [6, 6.07) is 16.7. The zero-order chi connectivity index (χ0) is 10.7. The topological polar surface area (TPSA) is 37.3 Å². The second kappa shape index (κ2) is 6.33. The molecule has 0 spiro atoms. The van der Waals surface area contributed by atoms with Gasteiger partial charge in [-0.05, 0) is 11.6 Å². The van der Waals surface area contributed by atoms with Crippen LogP contribution in [0.5, 0.6) is 0 Å². The van der Waals surface area contributed by atoms with Crippen molar-refractivity contribution >= 4 is 40.6 Å². The number of benzene rings is 2. The van der Waals surface area contributed by atoms with Crippen molar-refractivity contribution in [1.82, 2.24) is 0 Å². The van der Waals surface area contributed by atoms with Crippen LogP contribution in [-0.4, -0.2) is 38.3 Å². The first-order valence-electron chi connectivity index (χ1n) is 4.54. The fraction of sp³-hybridized carbons (Fsp3) is 0. The van der Waals surface area contributed by atoms with Crippen LogP contribution in [0.2, 0.25) is 0 Å². The van der Waals surface area contributed by atoms with Gasteiger partial charge in [0.25, 0.3) is 0 Å². The van der Waals surface area contributed by atoms with Crippen LogP contribution in [-0.2, 0) is 11.1 Å². The van der Waals surface area contributed by atoms with Crippen molar-refractivity contribution in [3.05, 3.63) is 54.6 Å². The fourth-order valence-corrected chi connectivity index (χ4v) is 2.04. The molecular formula is C12H11NaO2S. The van der Waals surface area contributed by atoms with Gasteiger partial charge in [-0.3, -0.25) is 0 Å². The van der Waals surface area contributed by atoms with Crippen LogP contribution < -0.4 is 0 Å². The van der Waals surface area contributed by atoms with E-state index in [0.29, 0.717) is 4.90 Å². The average Bonchev–Trinajstić information content (AvgIpc) is 2.30. The van der Waals surface area contributed by atoms with Crippen molar-refractivity contribution in [3.8, 4) is 11.1 Å². The summed E-state index contributed by atoms with van der Waals surface area (Å²) in [5.41, 5.74) is 1.76. The molecule has 0 aliphatic heterocycles. The molecule has 2 rings (SSSR count). The number of hydrogen-bond acceptors (Lipinski definition) is 1. The minimum absolute atomic E-state index is 0. The van der Waals surface area contributed by atoms with E-state index in [0.717, 1.165) is 11.1 Å². The van der Waals surface area contributed by atoms with Gasteiger partial charge in [0.05, 0.1) is 4.90 Å². The summed E-state index contributed by atoms with van der Waals surface area (Å²) < 4.78 is 20.2. The third-order valence-corrected chi connectivity index (χ3v) is 2.89. The predicted molar refractivity (Wildman–Crippen MR) is 68.1 cm³/mol. The molecule has 0 bridgehead atoms. The van der Waals surface area contributed by atoms with Gasteiger partial charge in [-0.25, -0.2) is 4.21 Å². The van der Waals surface area contributed by atoms with E-state index in [1.54, 1.807) is 12.1 Å². The van der Waals surface area contributed by atoms with Crippen LogP contribution in [0, 0.1) is 0 Å². The molecule has 0 fully saturated rings. The van der Waals surface area contributed by atoms with Gasteiger partial charge in [0.1, 0.15) is 0 Å². The Balaban J connectivity index is 0.00000128. The molecule has 1 atom stereocenters. The maximum absolute atomic E-state index is 11.1. The van der Waals surface area contributed by atoms with Gasteiger partial charge >= 0.3 is 29.6 Å². The summed E-state index contributed by atoms with van der Waals surface area (Å²) >= 11 is -1.94. The molecule has 2 aromatic carbocycles. The van der Waals surface area contributed by atoms with E-state index in [1.807, 2.05) is 42.5 Å². The zero-order valence-electron chi connectivity index (χ0n) is 7.96. The molecule has 0 heterocycles. The fourth-order valence-electron chi connectivity index (χ4n) is 1.48. The standard InChI is InChI=1S/C12H10O2S.Na.H/c13-15(14)12-9-5-4-8-11(12)10-6-2-1-3-7-10;;/h1-9H,(H,13,14);;. The van der Waals surface area contributed by atoms with Crippen molar-refractivity contribution in [1.29, 1.82) is 0 Å². The first kappa shape index (κ1) is 13.6. The van der Waals surface area contributed by atoms with Crippen molar-refractivity contribution in [2.24, 2.45) is 0 Å². The van der Waals surface area contributed by atoms with Gasteiger partial charge in [-0.1, -0.05) is 48.5 Å². The van der Waals surface area contributed by atoms with Gasteiger partial charge in [0.15, 0.2) is 11.1 Å². The summed E-state index contributed by atoms with van der Waals surface area (Å²) in [5, 5.41) is 0. The van der Waals surface area contributed by atoms with Crippen molar-refractivity contribution in [2.45, 2.75) is 4.90 Å². The van der Waals surface area contributed by atoms with Crippen LogP contribution in [0.15, 0.2) is 59.5 Å². The Morgan fingerprint density at radius 2 is 1.44 bits per heavy atom. The molecule has 0 amide bonds. The van der Waals surface area contributed by atoms with Crippen molar-refractivity contribution in [3.63, 3.8) is 0 Å². The summed E-state index contributed by atoms with van der Waals surface area (Å²) in [5.74, 6) is 0. The Kier molecular flexibility index (Phi) is 5.38. The van der Waals surface area contributed by atoms with Crippen LogP contribution in [0.4, 0.5) is 0 Å². The number of hydrogen-bond donors (Lipinski definition) is 1. The summed E-state index contributed by atoms with van der Waals surface area (Å²) in [7, 11) is 0. The molecule has 0 aliphatic carbocycles. The Labute approximate surface area is 119 Å². The van der Waals surface area contributed by atoms with Crippen LogP contribution in [0.3, 0.4) is 0 Å². The summed E-state index contributed by atoms with van der Waals surface area (Å²) in [6.07, 6.45) is 0. The Morgan fingerprint density at radius 3 is 2.06 bits per heavy atom. The molecule has 2 nitrogen and oxygen atoms in total. The first-order valence-corrected chi connectivity index (χ1v) is 5.65. The molecule has 0 aliphatic rings. The maximum atomic E-state index is 11.1. The zero-order valence-corrected chi connectivity index (χ0v) is 8.78. The molecule has 1 unspecified atom stereocenters. The minimum atomic E-state index is -1.94. The van der Waals surface area contributed by atoms with Crippen molar-refractivity contribution in [2.75, 3.05) is 0 Å². The van der Waals surface area contributed by atoms with Gasteiger partial charge in [-0.2, -0.15) is 0 Å². The van der Waals surface area contributed by atoms with E-state index in [2.05, 4.69) is 0 Å². The summed E-state index contributed by atoms with van der Waals surface area (Å²) in [6.45, 7) is 0. The van der Waals surface area contributed by atoms with Crippen LogP contribution >= 0.6 is 0 Å². The van der Waals surface area contributed by atoms with E-state index >= 15 is 0 Å². The van der Waals surface area contributed by atoms with E-state index < -0.39 is 11.1 Å². The second-order valence-corrected chi connectivity index (χ2v) is 4.05. The van der Waals surface area contributed by atoms with Crippen molar-refractivity contribution < 1.29 is 8.76 Å². The normalized spacial score (nSPS) is 11.6. The SMILES string of the molecule is O=S(O)c1ccccc1-c1ccccc1.[NaH]. The molecule has 1 N–H and O–H groups in total. The average molecular weight is 242 g/mol. The molecule has 0 aromatic heterocycles. The van der Waals surface area contributed by atoms with Gasteiger partial charge in [0, 0.05) is 5.56 Å². The molecule has 4 heteroatoms. The third kappa shape index (κ3) is 3.03. The predicted octanol–water partition coefficient (Wildman–Crippen LogP) is 2.29. The van der Waals surface area contributed by atoms with E-state index in [-0.39, 0.29) is 29.6 Å². The van der Waals surface area contributed by atoms with Crippen LogP contribution in [0.1, 0.15) is 0 Å². The first-order chi connectivity index (χ1) is 7.29. The molecular weight excluding hydrogens is 231 g/mol. The molecule has 2 aromatic rings. The second-order valence-electron chi connectivity index (χ2n) is 3.11. The quantitative estimate of drug-likeness (QED) is 0.648. The van der Waals surface area contributed by atoms with Gasteiger partial charge in [-0.15, -0.1) is 0 Å².